The van der Waals surface area contributed by atoms with E-state index in [1.165, 1.54) is 7.11 Å². The van der Waals surface area contributed by atoms with E-state index in [4.69, 9.17) is 14.0 Å². The number of rotatable bonds is 6. The highest BCUT2D eigenvalue weighted by Gasteiger charge is 2.16. The lowest BCUT2D eigenvalue weighted by Gasteiger charge is -2.08. The van der Waals surface area contributed by atoms with Gasteiger partial charge in [0.15, 0.2) is 12.4 Å². The number of amides is 1. The van der Waals surface area contributed by atoms with Crippen molar-refractivity contribution in [2.45, 2.75) is 0 Å². The molecular formula is C23H18N2O5. The van der Waals surface area contributed by atoms with Gasteiger partial charge in [0, 0.05) is 17.3 Å². The van der Waals surface area contributed by atoms with Crippen molar-refractivity contribution >= 4 is 28.5 Å². The highest BCUT2D eigenvalue weighted by molar-refractivity contribution is 6.00. The molecule has 0 atom stereocenters. The van der Waals surface area contributed by atoms with E-state index in [0.717, 1.165) is 5.56 Å². The average Bonchev–Trinajstić information content (AvgIpc) is 3.21. The van der Waals surface area contributed by atoms with E-state index in [1.54, 1.807) is 42.5 Å². The summed E-state index contributed by atoms with van der Waals surface area (Å²) in [5.74, 6) is 0.114. The zero-order chi connectivity index (χ0) is 20.9. The van der Waals surface area contributed by atoms with Crippen LogP contribution in [0, 0.1) is 0 Å². The number of esters is 1. The Balaban J connectivity index is 1.45. The van der Waals surface area contributed by atoms with E-state index in [-0.39, 0.29) is 0 Å². The topological polar surface area (TPSA) is 90.7 Å². The van der Waals surface area contributed by atoms with Gasteiger partial charge in [-0.05, 0) is 30.3 Å². The first-order valence-corrected chi connectivity index (χ1v) is 9.20. The van der Waals surface area contributed by atoms with Crippen molar-refractivity contribution in [3.8, 4) is 17.1 Å². The van der Waals surface area contributed by atoms with E-state index in [9.17, 15) is 9.59 Å². The van der Waals surface area contributed by atoms with E-state index in [1.807, 2.05) is 30.3 Å². The van der Waals surface area contributed by atoms with Gasteiger partial charge in [0.25, 0.3) is 5.91 Å². The van der Waals surface area contributed by atoms with E-state index in [2.05, 4.69) is 10.5 Å². The number of methoxy groups -OCH3 is 1. The largest absolute Gasteiger partial charge is 0.497 e. The number of benzene rings is 3. The first-order chi connectivity index (χ1) is 14.6. The van der Waals surface area contributed by atoms with Gasteiger partial charge in [0.1, 0.15) is 11.3 Å². The van der Waals surface area contributed by atoms with Crippen molar-refractivity contribution in [2.24, 2.45) is 0 Å². The van der Waals surface area contributed by atoms with Crippen molar-refractivity contribution in [1.29, 1.82) is 0 Å². The molecule has 1 aromatic heterocycles. The van der Waals surface area contributed by atoms with Gasteiger partial charge in [-0.2, -0.15) is 0 Å². The van der Waals surface area contributed by atoms with Gasteiger partial charge < -0.3 is 19.3 Å². The number of aromatic nitrogens is 1. The second-order valence-corrected chi connectivity index (χ2v) is 6.47. The van der Waals surface area contributed by atoms with Crippen LogP contribution >= 0.6 is 0 Å². The Bertz CT molecular complexity index is 1200. The second-order valence-electron chi connectivity index (χ2n) is 6.47. The van der Waals surface area contributed by atoms with Gasteiger partial charge >= 0.3 is 5.97 Å². The third kappa shape index (κ3) is 4.15. The number of ether oxygens (including phenoxy) is 2. The summed E-state index contributed by atoms with van der Waals surface area (Å²) in [4.78, 5) is 24.5. The van der Waals surface area contributed by atoms with E-state index < -0.39 is 18.5 Å². The zero-order valence-electron chi connectivity index (χ0n) is 16.1. The predicted molar refractivity (Wildman–Crippen MR) is 111 cm³/mol. The summed E-state index contributed by atoms with van der Waals surface area (Å²) in [6, 6.07) is 21.3. The second kappa shape index (κ2) is 8.48. The molecule has 0 fully saturated rings. The van der Waals surface area contributed by atoms with Gasteiger partial charge in [-0.15, -0.1) is 0 Å². The maximum absolute atomic E-state index is 12.4. The molecule has 0 spiro atoms. The van der Waals surface area contributed by atoms with Crippen molar-refractivity contribution in [3.63, 3.8) is 0 Å². The number of carbonyl (C=O) groups is 2. The molecule has 0 aliphatic rings. The number of carbonyl (C=O) groups excluding carboxylic acids is 2. The molecule has 4 rings (SSSR count). The van der Waals surface area contributed by atoms with Crippen LogP contribution in [-0.2, 0) is 9.53 Å². The van der Waals surface area contributed by atoms with Gasteiger partial charge in [-0.3, -0.25) is 4.79 Å². The molecule has 4 aromatic rings. The van der Waals surface area contributed by atoms with Crippen LogP contribution in [0.5, 0.6) is 5.75 Å². The molecule has 0 aliphatic heterocycles. The standard InChI is InChI=1S/C23H18N2O5/c1-28-18-9-5-8-17(13-18)24-21(26)14-29-23(27)16-10-11-20-19(12-16)22(30-25-20)15-6-3-2-4-7-15/h2-13H,14H2,1H3,(H,24,26). The molecule has 0 radical (unpaired) electrons. The van der Waals surface area contributed by atoms with Crippen LogP contribution in [0.25, 0.3) is 22.2 Å². The fourth-order valence-electron chi connectivity index (χ4n) is 2.98. The highest BCUT2D eigenvalue weighted by atomic mass is 16.5. The Morgan fingerprint density at radius 3 is 2.63 bits per heavy atom. The SMILES string of the molecule is COc1cccc(NC(=O)COC(=O)c2ccc3noc(-c4ccccc4)c3c2)c1. The summed E-state index contributed by atoms with van der Waals surface area (Å²) in [6.45, 7) is -0.413. The first kappa shape index (κ1) is 19.2. The Morgan fingerprint density at radius 2 is 1.83 bits per heavy atom. The van der Waals surface area contributed by atoms with Gasteiger partial charge in [0.2, 0.25) is 0 Å². The molecule has 7 nitrogen and oxygen atoms in total. The summed E-state index contributed by atoms with van der Waals surface area (Å²) in [5.41, 5.74) is 2.33. The summed E-state index contributed by atoms with van der Waals surface area (Å²) in [6.07, 6.45) is 0. The number of anilines is 1. The maximum Gasteiger partial charge on any atom is 0.338 e. The molecule has 0 bridgehead atoms. The summed E-state index contributed by atoms with van der Waals surface area (Å²) in [5, 5.41) is 7.38. The molecule has 150 valence electrons. The Morgan fingerprint density at radius 1 is 1.00 bits per heavy atom. The minimum Gasteiger partial charge on any atom is -0.497 e. The summed E-state index contributed by atoms with van der Waals surface area (Å²) >= 11 is 0. The smallest absolute Gasteiger partial charge is 0.338 e. The molecule has 0 saturated heterocycles. The fourth-order valence-corrected chi connectivity index (χ4v) is 2.98. The average molecular weight is 402 g/mol. The minimum atomic E-state index is -0.613. The number of fused-ring (bicyclic) bond motifs is 1. The van der Waals surface area contributed by atoms with Crippen LogP contribution in [0.1, 0.15) is 10.4 Å². The van der Waals surface area contributed by atoms with Gasteiger partial charge in [-0.25, -0.2) is 4.79 Å². The number of nitrogens with one attached hydrogen (secondary N) is 1. The van der Waals surface area contributed by atoms with Crippen LogP contribution in [0.3, 0.4) is 0 Å². The van der Waals surface area contributed by atoms with E-state index in [0.29, 0.717) is 33.7 Å². The molecule has 0 unspecified atom stereocenters. The molecule has 0 saturated carbocycles. The monoisotopic (exact) mass is 402 g/mol. The lowest BCUT2D eigenvalue weighted by molar-refractivity contribution is -0.119. The molecule has 7 heteroatoms. The van der Waals surface area contributed by atoms with Crippen LogP contribution in [0.4, 0.5) is 5.69 Å². The number of hydrogen-bond donors (Lipinski definition) is 1. The van der Waals surface area contributed by atoms with Gasteiger partial charge in [0.05, 0.1) is 18.1 Å². The first-order valence-electron chi connectivity index (χ1n) is 9.20. The van der Waals surface area contributed by atoms with Gasteiger partial charge in [-0.1, -0.05) is 41.6 Å². The third-order valence-corrected chi connectivity index (χ3v) is 4.44. The van der Waals surface area contributed by atoms with Crippen molar-refractivity contribution < 1.29 is 23.6 Å². The lowest BCUT2D eigenvalue weighted by Crippen LogP contribution is -2.20. The maximum atomic E-state index is 12.4. The molecule has 1 N–H and O–H groups in total. The fraction of sp³-hybridized carbons (Fsp3) is 0.0870. The highest BCUT2D eigenvalue weighted by Crippen LogP contribution is 2.29. The van der Waals surface area contributed by atoms with Crippen molar-refractivity contribution in [1.82, 2.24) is 5.16 Å². The van der Waals surface area contributed by atoms with Crippen molar-refractivity contribution in [2.75, 3.05) is 19.0 Å². The Kier molecular flexibility index (Phi) is 5.43. The number of nitrogens with zero attached hydrogens (tertiary/aromatic N) is 1. The van der Waals surface area contributed by atoms with Crippen LogP contribution in [0.2, 0.25) is 0 Å². The lowest BCUT2D eigenvalue weighted by atomic mass is 10.1. The summed E-state index contributed by atoms with van der Waals surface area (Å²) in [7, 11) is 1.54. The summed E-state index contributed by atoms with van der Waals surface area (Å²) < 4.78 is 15.7. The molecule has 1 amide bonds. The molecule has 3 aromatic carbocycles. The van der Waals surface area contributed by atoms with Crippen LogP contribution in [-0.4, -0.2) is 30.7 Å². The zero-order valence-corrected chi connectivity index (χ0v) is 16.1. The Hall–Kier alpha value is -4.13. The molecule has 1 heterocycles. The van der Waals surface area contributed by atoms with Crippen LogP contribution < -0.4 is 10.1 Å². The minimum absolute atomic E-state index is 0.303. The normalized spacial score (nSPS) is 10.6. The number of hydrogen-bond acceptors (Lipinski definition) is 6. The predicted octanol–water partition coefficient (Wildman–Crippen LogP) is 4.30. The van der Waals surface area contributed by atoms with E-state index >= 15 is 0 Å². The molecule has 0 aliphatic carbocycles. The molecular weight excluding hydrogens is 384 g/mol. The van der Waals surface area contributed by atoms with Crippen LogP contribution in [0.15, 0.2) is 77.3 Å². The third-order valence-electron chi connectivity index (χ3n) is 4.44. The quantitative estimate of drug-likeness (QED) is 0.484. The molecule has 30 heavy (non-hydrogen) atoms. The Labute approximate surface area is 172 Å². The van der Waals surface area contributed by atoms with Crippen molar-refractivity contribution in [3.05, 3.63) is 78.4 Å².